The minimum Gasteiger partial charge on any atom is -0.481 e. The van der Waals surface area contributed by atoms with E-state index >= 15 is 0 Å². The molecule has 6 heteroatoms. The van der Waals surface area contributed by atoms with Crippen LogP contribution in [0.15, 0.2) is 12.3 Å². The predicted octanol–water partition coefficient (Wildman–Crippen LogP) is -0.268. The summed E-state index contributed by atoms with van der Waals surface area (Å²) in [7, 11) is 0. The smallest absolute Gasteiger partial charge is 0.300 e. The van der Waals surface area contributed by atoms with Crippen molar-refractivity contribution in [3.05, 3.63) is 12.3 Å². The molecule has 0 saturated carbocycles. The topological polar surface area (TPSA) is 115 Å². The SMILES string of the molecule is CC(=O)O.Nc1ccnc(N)n1. The number of nitrogen functional groups attached to an aromatic ring is 2. The number of aromatic nitrogens is 2. The lowest BCUT2D eigenvalue weighted by Crippen LogP contribution is -1.96. The minimum atomic E-state index is -0.833. The number of anilines is 2. The highest BCUT2D eigenvalue weighted by molar-refractivity contribution is 5.62. The number of carboxylic acid groups (broad SMARTS) is 1. The van der Waals surface area contributed by atoms with Crippen molar-refractivity contribution in [3.63, 3.8) is 0 Å². The second kappa shape index (κ2) is 4.89. The molecule has 0 aliphatic carbocycles. The van der Waals surface area contributed by atoms with Gasteiger partial charge in [0.1, 0.15) is 5.82 Å². The minimum absolute atomic E-state index is 0.213. The van der Waals surface area contributed by atoms with E-state index in [2.05, 4.69) is 9.97 Å². The molecule has 0 radical (unpaired) electrons. The number of aliphatic carboxylic acids is 1. The van der Waals surface area contributed by atoms with Crippen LogP contribution in [-0.4, -0.2) is 21.0 Å². The maximum atomic E-state index is 9.00. The summed E-state index contributed by atoms with van der Waals surface area (Å²) in [5, 5.41) is 7.42. The van der Waals surface area contributed by atoms with Crippen LogP contribution in [0.4, 0.5) is 11.8 Å². The molecule has 0 spiro atoms. The third kappa shape index (κ3) is 6.27. The Kier molecular flexibility index (Phi) is 4.13. The Balaban J connectivity index is 0.000000261. The van der Waals surface area contributed by atoms with E-state index in [0.29, 0.717) is 5.82 Å². The maximum absolute atomic E-state index is 9.00. The molecule has 0 aliphatic heterocycles. The van der Waals surface area contributed by atoms with Crippen LogP contribution in [0.25, 0.3) is 0 Å². The van der Waals surface area contributed by atoms with Gasteiger partial charge in [0.2, 0.25) is 5.95 Å². The van der Waals surface area contributed by atoms with Crippen LogP contribution < -0.4 is 11.5 Å². The molecule has 0 atom stereocenters. The van der Waals surface area contributed by atoms with Gasteiger partial charge in [-0.15, -0.1) is 0 Å². The summed E-state index contributed by atoms with van der Waals surface area (Å²) >= 11 is 0. The molecular weight excluding hydrogens is 160 g/mol. The van der Waals surface area contributed by atoms with Gasteiger partial charge in [-0.05, 0) is 6.07 Å². The van der Waals surface area contributed by atoms with Gasteiger partial charge < -0.3 is 16.6 Å². The van der Waals surface area contributed by atoms with Gasteiger partial charge in [-0.2, -0.15) is 4.98 Å². The molecule has 1 aromatic rings. The number of hydrogen-bond donors (Lipinski definition) is 3. The first kappa shape index (κ1) is 10.2. The molecule has 0 unspecified atom stereocenters. The molecule has 0 saturated heterocycles. The largest absolute Gasteiger partial charge is 0.481 e. The van der Waals surface area contributed by atoms with E-state index in [-0.39, 0.29) is 5.95 Å². The van der Waals surface area contributed by atoms with Crippen molar-refractivity contribution >= 4 is 17.7 Å². The summed E-state index contributed by atoms with van der Waals surface area (Å²) in [6, 6.07) is 1.58. The molecule has 0 aliphatic rings. The zero-order chi connectivity index (χ0) is 9.56. The summed E-state index contributed by atoms with van der Waals surface area (Å²) in [5.41, 5.74) is 10.4. The fourth-order valence-corrected chi connectivity index (χ4v) is 0.388. The van der Waals surface area contributed by atoms with Crippen molar-refractivity contribution in [2.45, 2.75) is 6.92 Å². The number of nitrogens with zero attached hydrogens (tertiary/aromatic N) is 2. The lowest BCUT2D eigenvalue weighted by atomic mass is 10.6. The van der Waals surface area contributed by atoms with E-state index in [1.54, 1.807) is 6.07 Å². The Morgan fingerprint density at radius 3 is 2.33 bits per heavy atom. The Labute approximate surface area is 69.2 Å². The molecule has 1 heterocycles. The summed E-state index contributed by atoms with van der Waals surface area (Å²) in [5.74, 6) is -0.220. The Morgan fingerprint density at radius 1 is 1.58 bits per heavy atom. The molecular formula is C6H10N4O2. The highest BCUT2D eigenvalue weighted by Crippen LogP contribution is 1.94. The van der Waals surface area contributed by atoms with Crippen LogP contribution in [0.5, 0.6) is 0 Å². The molecule has 0 fully saturated rings. The van der Waals surface area contributed by atoms with Gasteiger partial charge >= 0.3 is 0 Å². The fraction of sp³-hybridized carbons (Fsp3) is 0.167. The van der Waals surface area contributed by atoms with E-state index in [1.165, 1.54) is 6.20 Å². The van der Waals surface area contributed by atoms with Gasteiger partial charge in [0.05, 0.1) is 0 Å². The standard InChI is InChI=1S/C4H6N4.C2H4O2/c5-3-1-2-7-4(6)8-3;1-2(3)4/h1-2H,(H4,5,6,7,8);1H3,(H,3,4). The molecule has 1 rings (SSSR count). The van der Waals surface area contributed by atoms with Gasteiger partial charge in [0, 0.05) is 13.1 Å². The number of rotatable bonds is 0. The van der Waals surface area contributed by atoms with E-state index in [9.17, 15) is 0 Å². The first-order valence-corrected chi connectivity index (χ1v) is 3.06. The highest BCUT2D eigenvalue weighted by atomic mass is 16.4. The van der Waals surface area contributed by atoms with E-state index in [1.807, 2.05) is 0 Å². The average Bonchev–Trinajstić information content (AvgIpc) is 1.84. The Bertz CT molecular complexity index is 242. The van der Waals surface area contributed by atoms with Crippen molar-refractivity contribution < 1.29 is 9.90 Å². The first-order chi connectivity index (χ1) is 5.52. The van der Waals surface area contributed by atoms with Crippen LogP contribution >= 0.6 is 0 Å². The van der Waals surface area contributed by atoms with Crippen LogP contribution in [0, 0.1) is 0 Å². The molecule has 6 nitrogen and oxygen atoms in total. The highest BCUT2D eigenvalue weighted by Gasteiger charge is 1.84. The van der Waals surface area contributed by atoms with Crippen LogP contribution in [-0.2, 0) is 4.79 Å². The Hall–Kier alpha value is -1.85. The molecule has 66 valence electrons. The number of hydrogen-bond acceptors (Lipinski definition) is 5. The second-order valence-electron chi connectivity index (χ2n) is 1.86. The predicted molar refractivity (Wildman–Crippen MR) is 44.2 cm³/mol. The van der Waals surface area contributed by atoms with Crippen molar-refractivity contribution in [1.82, 2.24) is 9.97 Å². The Morgan fingerprint density at radius 2 is 2.08 bits per heavy atom. The van der Waals surface area contributed by atoms with E-state index in [0.717, 1.165) is 6.92 Å². The zero-order valence-corrected chi connectivity index (χ0v) is 6.56. The van der Waals surface area contributed by atoms with Gasteiger partial charge in [0.15, 0.2) is 0 Å². The molecule has 12 heavy (non-hydrogen) atoms. The van der Waals surface area contributed by atoms with Gasteiger partial charge in [0.25, 0.3) is 5.97 Å². The summed E-state index contributed by atoms with van der Waals surface area (Å²) in [4.78, 5) is 16.2. The monoisotopic (exact) mass is 170 g/mol. The average molecular weight is 170 g/mol. The molecule has 1 aromatic heterocycles. The molecule has 0 aromatic carbocycles. The van der Waals surface area contributed by atoms with Crippen molar-refractivity contribution in [2.75, 3.05) is 11.5 Å². The van der Waals surface area contributed by atoms with Gasteiger partial charge in [-0.25, -0.2) is 4.98 Å². The van der Waals surface area contributed by atoms with E-state index < -0.39 is 5.97 Å². The zero-order valence-electron chi connectivity index (χ0n) is 6.56. The van der Waals surface area contributed by atoms with Gasteiger partial charge in [-0.3, -0.25) is 4.79 Å². The number of nitrogens with two attached hydrogens (primary N) is 2. The van der Waals surface area contributed by atoms with Gasteiger partial charge in [-0.1, -0.05) is 0 Å². The van der Waals surface area contributed by atoms with Crippen molar-refractivity contribution in [3.8, 4) is 0 Å². The fourth-order valence-electron chi connectivity index (χ4n) is 0.388. The third-order valence-electron chi connectivity index (χ3n) is 0.696. The number of carbonyl (C=O) groups is 1. The first-order valence-electron chi connectivity index (χ1n) is 3.06. The molecule has 5 N–H and O–H groups in total. The van der Waals surface area contributed by atoms with Crippen molar-refractivity contribution in [1.29, 1.82) is 0 Å². The quantitative estimate of drug-likeness (QED) is 0.493. The van der Waals surface area contributed by atoms with Crippen LogP contribution in [0.3, 0.4) is 0 Å². The van der Waals surface area contributed by atoms with Crippen LogP contribution in [0.1, 0.15) is 6.92 Å². The number of carboxylic acids is 1. The van der Waals surface area contributed by atoms with E-state index in [4.69, 9.17) is 21.4 Å². The maximum Gasteiger partial charge on any atom is 0.300 e. The summed E-state index contributed by atoms with van der Waals surface area (Å²) in [6.07, 6.45) is 1.51. The lowest BCUT2D eigenvalue weighted by molar-refractivity contribution is -0.134. The third-order valence-corrected chi connectivity index (χ3v) is 0.696. The molecule has 0 amide bonds. The lowest BCUT2D eigenvalue weighted by Gasteiger charge is -1.89. The second-order valence-corrected chi connectivity index (χ2v) is 1.86. The van der Waals surface area contributed by atoms with Crippen LogP contribution in [0.2, 0.25) is 0 Å². The molecule has 0 bridgehead atoms. The normalized spacial score (nSPS) is 8.08. The van der Waals surface area contributed by atoms with Crippen molar-refractivity contribution in [2.24, 2.45) is 0 Å². The summed E-state index contributed by atoms with van der Waals surface area (Å²) < 4.78 is 0. The summed E-state index contributed by atoms with van der Waals surface area (Å²) in [6.45, 7) is 1.08.